The van der Waals surface area contributed by atoms with E-state index >= 15 is 0 Å². The van der Waals surface area contributed by atoms with Crippen LogP contribution in [0.15, 0.2) is 18.2 Å². The zero-order valence-corrected chi connectivity index (χ0v) is 16.4. The van der Waals surface area contributed by atoms with E-state index in [1.165, 1.54) is 32.1 Å². The standard InChI is InChI=1S/C17H24Cl2N2.2ClH/c18-14-7-4-8-15(19)16(14)17(13-5-2-1-3-6-13)21-11-9-20-10-12-21;;/h4,7-8,13,17,20H,1-3,5-6,9-12H2;2*1H/t17-;;/m0../s1. The van der Waals surface area contributed by atoms with Crippen LogP contribution in [0.3, 0.4) is 0 Å². The summed E-state index contributed by atoms with van der Waals surface area (Å²) >= 11 is 13.1. The second-order valence-corrected chi connectivity index (χ2v) is 7.08. The lowest BCUT2D eigenvalue weighted by atomic mass is 9.80. The molecule has 0 bridgehead atoms. The summed E-state index contributed by atoms with van der Waals surface area (Å²) in [6, 6.07) is 6.31. The molecule has 1 aliphatic carbocycles. The van der Waals surface area contributed by atoms with Gasteiger partial charge in [-0.3, -0.25) is 4.90 Å². The average Bonchev–Trinajstić information content (AvgIpc) is 2.53. The lowest BCUT2D eigenvalue weighted by Gasteiger charge is -2.41. The molecule has 132 valence electrons. The SMILES string of the molecule is Cl.Cl.Clc1cccc(Cl)c1[C@H](C1CCCCC1)N1CCNCC1. The Hall–Kier alpha value is 0.300. The van der Waals surface area contributed by atoms with Crippen LogP contribution in [0, 0.1) is 5.92 Å². The quantitative estimate of drug-likeness (QED) is 0.735. The molecular weight excluding hydrogens is 374 g/mol. The first-order chi connectivity index (χ1) is 10.3. The highest BCUT2D eigenvalue weighted by atomic mass is 35.5. The minimum atomic E-state index is 0. The third-order valence-corrected chi connectivity index (χ3v) is 5.60. The van der Waals surface area contributed by atoms with Crippen LogP contribution < -0.4 is 5.32 Å². The highest BCUT2D eigenvalue weighted by molar-refractivity contribution is 6.36. The molecule has 1 saturated heterocycles. The summed E-state index contributed by atoms with van der Waals surface area (Å²) in [7, 11) is 0. The predicted octanol–water partition coefficient (Wildman–Crippen LogP) is 5.36. The van der Waals surface area contributed by atoms with Crippen molar-refractivity contribution in [2.24, 2.45) is 5.92 Å². The summed E-state index contributed by atoms with van der Waals surface area (Å²) in [6.07, 6.45) is 6.66. The van der Waals surface area contributed by atoms with Gasteiger partial charge in [0.25, 0.3) is 0 Å². The number of rotatable bonds is 3. The van der Waals surface area contributed by atoms with Crippen LogP contribution in [0.4, 0.5) is 0 Å². The van der Waals surface area contributed by atoms with Gasteiger partial charge in [0.1, 0.15) is 0 Å². The molecule has 1 atom stereocenters. The van der Waals surface area contributed by atoms with Gasteiger partial charge in [-0.25, -0.2) is 0 Å². The van der Waals surface area contributed by atoms with Gasteiger partial charge in [-0.1, -0.05) is 48.5 Å². The van der Waals surface area contributed by atoms with Crippen LogP contribution in [0.1, 0.15) is 43.7 Å². The summed E-state index contributed by atoms with van der Waals surface area (Å²) in [5.74, 6) is 0.689. The van der Waals surface area contributed by atoms with Crippen LogP contribution in [0.5, 0.6) is 0 Å². The first-order valence-corrected chi connectivity index (χ1v) is 8.91. The van der Waals surface area contributed by atoms with Gasteiger partial charge in [-0.15, -0.1) is 24.8 Å². The van der Waals surface area contributed by atoms with Crippen molar-refractivity contribution in [1.29, 1.82) is 0 Å². The Kier molecular flexibility index (Phi) is 9.58. The minimum absolute atomic E-state index is 0. The zero-order valence-electron chi connectivity index (χ0n) is 13.3. The number of benzene rings is 1. The fourth-order valence-corrected chi connectivity index (χ4v) is 4.54. The van der Waals surface area contributed by atoms with Gasteiger partial charge in [-0.2, -0.15) is 0 Å². The fraction of sp³-hybridized carbons (Fsp3) is 0.647. The first kappa shape index (κ1) is 21.3. The van der Waals surface area contributed by atoms with Gasteiger partial charge < -0.3 is 5.32 Å². The van der Waals surface area contributed by atoms with Gasteiger partial charge in [0.05, 0.1) is 0 Å². The smallest absolute Gasteiger partial charge is 0.0468 e. The first-order valence-electron chi connectivity index (χ1n) is 8.16. The number of nitrogens with one attached hydrogen (secondary N) is 1. The third kappa shape index (κ3) is 5.14. The van der Waals surface area contributed by atoms with Crippen molar-refractivity contribution in [2.45, 2.75) is 38.1 Å². The second-order valence-electron chi connectivity index (χ2n) is 6.26. The van der Waals surface area contributed by atoms with E-state index in [-0.39, 0.29) is 24.8 Å². The number of halogens is 4. The Bertz CT molecular complexity index is 433. The normalized spacial score (nSPS) is 21.1. The number of hydrogen-bond acceptors (Lipinski definition) is 2. The average molecular weight is 400 g/mol. The molecule has 2 aliphatic rings. The molecule has 1 saturated carbocycles. The molecule has 0 radical (unpaired) electrons. The molecule has 1 aromatic carbocycles. The van der Waals surface area contributed by atoms with Crippen molar-refractivity contribution in [3.8, 4) is 0 Å². The lowest BCUT2D eigenvalue weighted by molar-refractivity contribution is 0.103. The van der Waals surface area contributed by atoms with E-state index in [0.717, 1.165) is 41.8 Å². The van der Waals surface area contributed by atoms with Gasteiger partial charge in [0.2, 0.25) is 0 Å². The molecule has 1 heterocycles. The van der Waals surface area contributed by atoms with Crippen molar-refractivity contribution < 1.29 is 0 Å². The molecule has 0 amide bonds. The highest BCUT2D eigenvalue weighted by Gasteiger charge is 2.33. The van der Waals surface area contributed by atoms with Gasteiger partial charge in [0, 0.05) is 47.8 Å². The molecular formula is C17H26Cl4N2. The van der Waals surface area contributed by atoms with E-state index in [1.54, 1.807) is 0 Å². The van der Waals surface area contributed by atoms with Crippen LogP contribution in [0.25, 0.3) is 0 Å². The molecule has 1 N–H and O–H groups in total. The Morgan fingerprint density at radius 2 is 1.52 bits per heavy atom. The van der Waals surface area contributed by atoms with E-state index in [0.29, 0.717) is 12.0 Å². The highest BCUT2D eigenvalue weighted by Crippen LogP contribution is 2.43. The van der Waals surface area contributed by atoms with Crippen molar-refractivity contribution >= 4 is 48.0 Å². The zero-order chi connectivity index (χ0) is 14.7. The molecule has 6 heteroatoms. The Balaban J connectivity index is 0.00000132. The molecule has 2 nitrogen and oxygen atoms in total. The summed E-state index contributed by atoms with van der Waals surface area (Å²) in [5, 5.41) is 5.11. The monoisotopic (exact) mass is 398 g/mol. The Labute approximate surface area is 162 Å². The number of hydrogen-bond donors (Lipinski definition) is 1. The predicted molar refractivity (Wildman–Crippen MR) is 105 cm³/mol. The van der Waals surface area contributed by atoms with Crippen LogP contribution in [-0.4, -0.2) is 31.1 Å². The van der Waals surface area contributed by atoms with E-state index in [1.807, 2.05) is 18.2 Å². The van der Waals surface area contributed by atoms with E-state index in [2.05, 4.69) is 10.2 Å². The molecule has 0 spiro atoms. The molecule has 0 aromatic heterocycles. The molecule has 3 rings (SSSR count). The molecule has 0 unspecified atom stereocenters. The summed E-state index contributed by atoms with van der Waals surface area (Å²) in [6.45, 7) is 4.29. The molecule has 23 heavy (non-hydrogen) atoms. The van der Waals surface area contributed by atoms with Crippen molar-refractivity contribution in [3.63, 3.8) is 0 Å². The van der Waals surface area contributed by atoms with E-state index in [9.17, 15) is 0 Å². The van der Waals surface area contributed by atoms with Gasteiger partial charge >= 0.3 is 0 Å². The topological polar surface area (TPSA) is 15.3 Å². The lowest BCUT2D eigenvalue weighted by Crippen LogP contribution is -2.47. The number of nitrogens with zero attached hydrogens (tertiary/aromatic N) is 1. The molecule has 2 fully saturated rings. The molecule has 1 aromatic rings. The van der Waals surface area contributed by atoms with Crippen LogP contribution in [-0.2, 0) is 0 Å². The Morgan fingerprint density at radius 3 is 2.09 bits per heavy atom. The Morgan fingerprint density at radius 1 is 0.957 bits per heavy atom. The maximum atomic E-state index is 6.54. The molecule has 1 aliphatic heterocycles. The minimum Gasteiger partial charge on any atom is -0.314 e. The summed E-state index contributed by atoms with van der Waals surface area (Å²) < 4.78 is 0. The van der Waals surface area contributed by atoms with E-state index in [4.69, 9.17) is 23.2 Å². The number of piperazine rings is 1. The van der Waals surface area contributed by atoms with E-state index < -0.39 is 0 Å². The van der Waals surface area contributed by atoms with Gasteiger partial charge in [-0.05, 0) is 30.9 Å². The summed E-state index contributed by atoms with van der Waals surface area (Å²) in [5.41, 5.74) is 1.16. The largest absolute Gasteiger partial charge is 0.314 e. The fourth-order valence-electron chi connectivity index (χ4n) is 3.92. The third-order valence-electron chi connectivity index (χ3n) is 4.94. The summed E-state index contributed by atoms with van der Waals surface area (Å²) in [4.78, 5) is 2.60. The van der Waals surface area contributed by atoms with Crippen molar-refractivity contribution in [2.75, 3.05) is 26.2 Å². The van der Waals surface area contributed by atoms with Crippen molar-refractivity contribution in [1.82, 2.24) is 10.2 Å². The van der Waals surface area contributed by atoms with Crippen LogP contribution in [0.2, 0.25) is 10.0 Å². The maximum Gasteiger partial charge on any atom is 0.0468 e. The second kappa shape index (κ2) is 10.3. The van der Waals surface area contributed by atoms with Crippen LogP contribution >= 0.6 is 48.0 Å². The van der Waals surface area contributed by atoms with Gasteiger partial charge in [0.15, 0.2) is 0 Å². The van der Waals surface area contributed by atoms with Crippen molar-refractivity contribution in [3.05, 3.63) is 33.8 Å². The maximum absolute atomic E-state index is 6.54.